The van der Waals surface area contributed by atoms with Crippen molar-refractivity contribution in [1.82, 2.24) is 9.78 Å². The van der Waals surface area contributed by atoms with Crippen LogP contribution in [0, 0.1) is 6.92 Å². The van der Waals surface area contributed by atoms with E-state index in [1.165, 1.54) is 6.42 Å². The largest absolute Gasteiger partial charge is 0.382 e. The SMILES string of the molecule is CCCCNc1cn(CCF)nc1C.Cl. The number of anilines is 1. The van der Waals surface area contributed by atoms with Crippen molar-refractivity contribution in [2.75, 3.05) is 18.5 Å². The normalized spacial score (nSPS) is 9.80. The van der Waals surface area contributed by atoms with Gasteiger partial charge >= 0.3 is 0 Å². The molecule has 0 bridgehead atoms. The lowest BCUT2D eigenvalue weighted by molar-refractivity contribution is 0.426. The van der Waals surface area contributed by atoms with Crippen LogP contribution in [0.15, 0.2) is 6.20 Å². The van der Waals surface area contributed by atoms with E-state index in [9.17, 15) is 4.39 Å². The highest BCUT2D eigenvalue weighted by Crippen LogP contribution is 2.12. The van der Waals surface area contributed by atoms with Gasteiger partial charge in [0, 0.05) is 12.7 Å². The van der Waals surface area contributed by atoms with Crippen molar-refractivity contribution in [3.05, 3.63) is 11.9 Å². The minimum atomic E-state index is -0.366. The summed E-state index contributed by atoms with van der Waals surface area (Å²) in [4.78, 5) is 0. The van der Waals surface area contributed by atoms with Gasteiger partial charge in [-0.2, -0.15) is 5.10 Å². The van der Waals surface area contributed by atoms with Crippen LogP contribution in [0.2, 0.25) is 0 Å². The second-order valence-corrected chi connectivity index (χ2v) is 3.36. The molecule has 0 saturated carbocycles. The first-order valence-electron chi connectivity index (χ1n) is 5.11. The van der Waals surface area contributed by atoms with E-state index in [1.54, 1.807) is 4.68 Å². The highest BCUT2D eigenvalue weighted by atomic mass is 35.5. The number of rotatable bonds is 6. The van der Waals surface area contributed by atoms with E-state index in [0.717, 1.165) is 24.3 Å². The van der Waals surface area contributed by atoms with Crippen molar-refractivity contribution in [2.24, 2.45) is 0 Å². The number of nitrogens with one attached hydrogen (secondary N) is 1. The highest BCUT2D eigenvalue weighted by Gasteiger charge is 2.02. The van der Waals surface area contributed by atoms with E-state index in [4.69, 9.17) is 0 Å². The predicted molar refractivity (Wildman–Crippen MR) is 63.6 cm³/mol. The van der Waals surface area contributed by atoms with Crippen LogP contribution in [0.3, 0.4) is 0 Å². The summed E-state index contributed by atoms with van der Waals surface area (Å²) in [5.41, 5.74) is 1.96. The van der Waals surface area contributed by atoms with Gasteiger partial charge < -0.3 is 5.32 Å². The molecule has 0 spiro atoms. The smallest absolute Gasteiger partial charge is 0.109 e. The van der Waals surface area contributed by atoms with Gasteiger partial charge in [0.2, 0.25) is 0 Å². The summed E-state index contributed by atoms with van der Waals surface area (Å²) in [6.45, 7) is 5.02. The van der Waals surface area contributed by atoms with Gasteiger partial charge in [-0.3, -0.25) is 4.68 Å². The van der Waals surface area contributed by atoms with Gasteiger partial charge in [-0.1, -0.05) is 13.3 Å². The third-order valence-corrected chi connectivity index (χ3v) is 2.11. The van der Waals surface area contributed by atoms with Gasteiger partial charge in [-0.15, -0.1) is 12.4 Å². The number of hydrogen-bond acceptors (Lipinski definition) is 2. The molecule has 0 fully saturated rings. The molecular formula is C10H19ClFN3. The van der Waals surface area contributed by atoms with Crippen LogP contribution in [0.1, 0.15) is 25.5 Å². The minimum Gasteiger partial charge on any atom is -0.382 e. The lowest BCUT2D eigenvalue weighted by Crippen LogP contribution is -2.01. The lowest BCUT2D eigenvalue weighted by Gasteiger charge is -2.01. The van der Waals surface area contributed by atoms with E-state index in [0.29, 0.717) is 6.54 Å². The molecule has 0 atom stereocenters. The zero-order valence-corrected chi connectivity index (χ0v) is 10.1. The van der Waals surface area contributed by atoms with Gasteiger partial charge in [0.25, 0.3) is 0 Å². The van der Waals surface area contributed by atoms with E-state index in [2.05, 4.69) is 17.3 Å². The first-order chi connectivity index (χ1) is 6.77. The van der Waals surface area contributed by atoms with Crippen molar-refractivity contribution in [3.8, 4) is 0 Å². The zero-order valence-electron chi connectivity index (χ0n) is 9.29. The Balaban J connectivity index is 0.00000196. The van der Waals surface area contributed by atoms with Crippen LogP contribution in [-0.2, 0) is 6.54 Å². The Kier molecular flexibility index (Phi) is 7.13. The van der Waals surface area contributed by atoms with Crippen molar-refractivity contribution < 1.29 is 4.39 Å². The molecule has 1 aromatic rings. The molecule has 0 aliphatic heterocycles. The molecule has 0 aromatic carbocycles. The first-order valence-corrected chi connectivity index (χ1v) is 5.11. The average molecular weight is 236 g/mol. The molecule has 0 aliphatic rings. The topological polar surface area (TPSA) is 29.9 Å². The molecule has 0 unspecified atom stereocenters. The number of hydrogen-bond donors (Lipinski definition) is 1. The Hall–Kier alpha value is -0.770. The van der Waals surface area contributed by atoms with Gasteiger partial charge in [0.15, 0.2) is 0 Å². The van der Waals surface area contributed by atoms with Gasteiger partial charge in [0.1, 0.15) is 6.67 Å². The number of aromatic nitrogens is 2. The molecule has 0 saturated heterocycles. The number of unbranched alkanes of at least 4 members (excludes halogenated alkanes) is 1. The zero-order chi connectivity index (χ0) is 10.4. The third kappa shape index (κ3) is 4.51. The molecule has 1 N–H and O–H groups in total. The van der Waals surface area contributed by atoms with Crippen LogP contribution in [-0.4, -0.2) is 23.0 Å². The van der Waals surface area contributed by atoms with E-state index in [-0.39, 0.29) is 19.1 Å². The molecule has 88 valence electrons. The Morgan fingerprint density at radius 1 is 1.53 bits per heavy atom. The van der Waals surface area contributed by atoms with E-state index in [1.807, 2.05) is 13.1 Å². The van der Waals surface area contributed by atoms with Crippen LogP contribution in [0.25, 0.3) is 0 Å². The molecule has 3 nitrogen and oxygen atoms in total. The maximum atomic E-state index is 12.0. The number of aryl methyl sites for hydroxylation is 2. The maximum Gasteiger partial charge on any atom is 0.109 e. The molecule has 15 heavy (non-hydrogen) atoms. The number of halogens is 2. The molecule has 1 rings (SSSR count). The van der Waals surface area contributed by atoms with Gasteiger partial charge in [-0.25, -0.2) is 4.39 Å². The summed E-state index contributed by atoms with van der Waals surface area (Å²) in [6.07, 6.45) is 4.18. The van der Waals surface area contributed by atoms with Crippen LogP contribution in [0.4, 0.5) is 10.1 Å². The van der Waals surface area contributed by atoms with E-state index < -0.39 is 0 Å². The fraction of sp³-hybridized carbons (Fsp3) is 0.700. The van der Waals surface area contributed by atoms with Crippen molar-refractivity contribution in [3.63, 3.8) is 0 Å². The number of nitrogens with zero attached hydrogens (tertiary/aromatic N) is 2. The molecule has 1 heterocycles. The molecule has 1 aromatic heterocycles. The van der Waals surface area contributed by atoms with Crippen LogP contribution in [0.5, 0.6) is 0 Å². The monoisotopic (exact) mass is 235 g/mol. The average Bonchev–Trinajstić information content (AvgIpc) is 2.48. The Bertz CT molecular complexity index is 276. The summed E-state index contributed by atoms with van der Waals surface area (Å²) in [6, 6.07) is 0. The fourth-order valence-corrected chi connectivity index (χ4v) is 1.29. The molecule has 0 aliphatic carbocycles. The van der Waals surface area contributed by atoms with Crippen LogP contribution >= 0.6 is 12.4 Å². The Morgan fingerprint density at radius 3 is 2.87 bits per heavy atom. The Morgan fingerprint density at radius 2 is 2.27 bits per heavy atom. The van der Waals surface area contributed by atoms with E-state index >= 15 is 0 Å². The summed E-state index contributed by atoms with van der Waals surface area (Å²) >= 11 is 0. The molecule has 0 amide bonds. The molecule has 0 radical (unpaired) electrons. The summed E-state index contributed by atoms with van der Waals surface area (Å²) in [5.74, 6) is 0. The summed E-state index contributed by atoms with van der Waals surface area (Å²) < 4.78 is 13.7. The van der Waals surface area contributed by atoms with Crippen molar-refractivity contribution in [2.45, 2.75) is 33.2 Å². The van der Waals surface area contributed by atoms with Crippen molar-refractivity contribution in [1.29, 1.82) is 0 Å². The predicted octanol–water partition coefficient (Wildman–Crippen LogP) is 2.79. The molecular weight excluding hydrogens is 217 g/mol. The van der Waals surface area contributed by atoms with Gasteiger partial charge in [-0.05, 0) is 13.3 Å². The molecule has 5 heteroatoms. The second kappa shape index (κ2) is 7.51. The second-order valence-electron chi connectivity index (χ2n) is 3.36. The standard InChI is InChI=1S/C10H18FN3.ClH/c1-3-4-6-12-10-8-14(7-5-11)13-9(10)2;/h8,12H,3-7H2,1-2H3;1H. The lowest BCUT2D eigenvalue weighted by atomic mass is 10.3. The third-order valence-electron chi connectivity index (χ3n) is 2.11. The van der Waals surface area contributed by atoms with Crippen molar-refractivity contribution >= 4 is 18.1 Å². The maximum absolute atomic E-state index is 12.0. The minimum absolute atomic E-state index is 0. The first kappa shape index (κ1) is 14.2. The highest BCUT2D eigenvalue weighted by molar-refractivity contribution is 5.85. The Labute approximate surface area is 96.5 Å². The summed E-state index contributed by atoms with van der Waals surface area (Å²) in [7, 11) is 0. The quantitative estimate of drug-likeness (QED) is 0.769. The fourth-order valence-electron chi connectivity index (χ4n) is 1.29. The summed E-state index contributed by atoms with van der Waals surface area (Å²) in [5, 5.41) is 7.48. The van der Waals surface area contributed by atoms with Crippen LogP contribution < -0.4 is 5.32 Å². The number of alkyl halides is 1. The van der Waals surface area contributed by atoms with Gasteiger partial charge in [0.05, 0.1) is 17.9 Å².